The molecule has 32 heavy (non-hydrogen) atoms. The predicted octanol–water partition coefficient (Wildman–Crippen LogP) is 3.92. The summed E-state index contributed by atoms with van der Waals surface area (Å²) in [7, 11) is -2.24. The van der Waals surface area contributed by atoms with E-state index in [1.807, 2.05) is 32.0 Å². The molecule has 0 atom stereocenters. The molecule has 0 unspecified atom stereocenters. The SMILES string of the molecule is COc1ccc(NS(=O)(=O)c2ccc(C(=O)NCCOc3ccc(C)cc3C)cc2)cc1. The highest BCUT2D eigenvalue weighted by molar-refractivity contribution is 7.92. The fourth-order valence-electron chi connectivity index (χ4n) is 3.05. The summed E-state index contributed by atoms with van der Waals surface area (Å²) < 4.78 is 38.4. The summed E-state index contributed by atoms with van der Waals surface area (Å²) in [6, 6.07) is 18.2. The van der Waals surface area contributed by atoms with Gasteiger partial charge >= 0.3 is 0 Å². The van der Waals surface area contributed by atoms with Crippen molar-refractivity contribution in [3.8, 4) is 11.5 Å². The number of rotatable bonds is 9. The zero-order chi connectivity index (χ0) is 23.1. The molecule has 0 bridgehead atoms. The number of nitrogens with one attached hydrogen (secondary N) is 2. The molecule has 0 aliphatic heterocycles. The Morgan fingerprint density at radius 3 is 2.25 bits per heavy atom. The number of anilines is 1. The van der Waals surface area contributed by atoms with E-state index in [1.54, 1.807) is 24.3 Å². The number of benzene rings is 3. The lowest BCUT2D eigenvalue weighted by Gasteiger charge is -2.11. The standard InChI is InChI=1S/C24H26N2O5S/c1-17-4-13-23(18(2)16-17)31-15-14-25-24(27)19-5-11-22(12-6-19)32(28,29)26-20-7-9-21(30-3)10-8-20/h4-13,16,26H,14-15H2,1-3H3,(H,25,27). The summed E-state index contributed by atoms with van der Waals surface area (Å²) in [5, 5.41) is 2.77. The summed E-state index contributed by atoms with van der Waals surface area (Å²) in [4.78, 5) is 12.4. The van der Waals surface area contributed by atoms with E-state index < -0.39 is 10.0 Å². The third kappa shape index (κ3) is 6.01. The Balaban J connectivity index is 1.53. The number of hydrogen-bond acceptors (Lipinski definition) is 5. The van der Waals surface area contributed by atoms with Crippen LogP contribution in [0.25, 0.3) is 0 Å². The van der Waals surface area contributed by atoms with E-state index in [9.17, 15) is 13.2 Å². The molecule has 3 rings (SSSR count). The van der Waals surface area contributed by atoms with Crippen LogP contribution in [-0.2, 0) is 10.0 Å². The minimum Gasteiger partial charge on any atom is -0.497 e. The van der Waals surface area contributed by atoms with Gasteiger partial charge in [0.2, 0.25) is 0 Å². The molecule has 0 aliphatic rings. The van der Waals surface area contributed by atoms with Crippen molar-refractivity contribution in [2.45, 2.75) is 18.7 Å². The third-order valence-corrected chi connectivity index (χ3v) is 6.14. The molecule has 0 heterocycles. The number of amides is 1. The van der Waals surface area contributed by atoms with E-state index in [0.29, 0.717) is 30.2 Å². The average Bonchev–Trinajstić information content (AvgIpc) is 2.78. The number of carbonyl (C=O) groups excluding carboxylic acids is 1. The minimum atomic E-state index is -3.78. The molecule has 0 aliphatic carbocycles. The molecule has 3 aromatic carbocycles. The molecule has 0 radical (unpaired) electrons. The highest BCUT2D eigenvalue weighted by Gasteiger charge is 2.15. The topological polar surface area (TPSA) is 93.7 Å². The Morgan fingerprint density at radius 2 is 1.62 bits per heavy atom. The lowest BCUT2D eigenvalue weighted by Crippen LogP contribution is -2.28. The average molecular weight is 455 g/mol. The van der Waals surface area contributed by atoms with Gasteiger partial charge in [-0.25, -0.2) is 8.42 Å². The summed E-state index contributed by atoms with van der Waals surface area (Å²) in [6.07, 6.45) is 0. The monoisotopic (exact) mass is 454 g/mol. The second-order valence-electron chi connectivity index (χ2n) is 7.23. The first-order chi connectivity index (χ1) is 15.3. The van der Waals surface area contributed by atoms with Gasteiger partial charge in [0.15, 0.2) is 0 Å². The van der Waals surface area contributed by atoms with Gasteiger partial charge in [0.1, 0.15) is 18.1 Å². The molecule has 1 amide bonds. The Bertz CT molecular complexity index is 1170. The number of carbonyl (C=O) groups is 1. The van der Waals surface area contributed by atoms with Gasteiger partial charge in [0, 0.05) is 11.3 Å². The van der Waals surface area contributed by atoms with Crippen LogP contribution >= 0.6 is 0 Å². The smallest absolute Gasteiger partial charge is 0.261 e. The second kappa shape index (κ2) is 10.2. The van der Waals surface area contributed by atoms with Crippen LogP contribution < -0.4 is 19.5 Å². The number of aryl methyl sites for hydroxylation is 2. The van der Waals surface area contributed by atoms with E-state index in [-0.39, 0.29) is 10.8 Å². The number of hydrogen-bond donors (Lipinski definition) is 2. The molecule has 0 saturated carbocycles. The van der Waals surface area contributed by atoms with Crippen LogP contribution in [0.5, 0.6) is 11.5 Å². The van der Waals surface area contributed by atoms with Crippen LogP contribution in [0.15, 0.2) is 71.6 Å². The van der Waals surface area contributed by atoms with E-state index in [4.69, 9.17) is 9.47 Å². The number of sulfonamides is 1. The van der Waals surface area contributed by atoms with E-state index >= 15 is 0 Å². The van der Waals surface area contributed by atoms with Crippen molar-refractivity contribution in [1.82, 2.24) is 5.32 Å². The van der Waals surface area contributed by atoms with Gasteiger partial charge in [-0.1, -0.05) is 17.7 Å². The van der Waals surface area contributed by atoms with Crippen LogP contribution in [0, 0.1) is 13.8 Å². The number of methoxy groups -OCH3 is 1. The van der Waals surface area contributed by atoms with Crippen molar-refractivity contribution in [3.05, 3.63) is 83.4 Å². The largest absolute Gasteiger partial charge is 0.497 e. The molecule has 7 nitrogen and oxygen atoms in total. The predicted molar refractivity (Wildman–Crippen MR) is 124 cm³/mol. The van der Waals surface area contributed by atoms with Gasteiger partial charge in [-0.2, -0.15) is 0 Å². The molecular weight excluding hydrogens is 428 g/mol. The Labute approximate surface area is 188 Å². The number of ether oxygens (including phenoxy) is 2. The maximum atomic E-state index is 12.6. The van der Waals surface area contributed by atoms with E-state index in [2.05, 4.69) is 10.0 Å². The van der Waals surface area contributed by atoms with Crippen LogP contribution in [0.2, 0.25) is 0 Å². The molecule has 0 saturated heterocycles. The van der Waals surface area contributed by atoms with Crippen LogP contribution in [0.1, 0.15) is 21.5 Å². The van der Waals surface area contributed by atoms with E-state index in [1.165, 1.54) is 31.4 Å². The fraction of sp³-hybridized carbons (Fsp3) is 0.208. The van der Waals surface area contributed by atoms with Gasteiger partial charge < -0.3 is 14.8 Å². The maximum Gasteiger partial charge on any atom is 0.261 e. The first-order valence-corrected chi connectivity index (χ1v) is 11.5. The second-order valence-corrected chi connectivity index (χ2v) is 8.91. The molecule has 168 valence electrons. The molecule has 2 N–H and O–H groups in total. The van der Waals surface area contributed by atoms with Crippen LogP contribution in [-0.4, -0.2) is 34.6 Å². The zero-order valence-corrected chi connectivity index (χ0v) is 19.0. The minimum absolute atomic E-state index is 0.0584. The molecular formula is C24H26N2O5S. The summed E-state index contributed by atoms with van der Waals surface area (Å²) in [5.74, 6) is 1.10. The maximum absolute atomic E-state index is 12.6. The van der Waals surface area contributed by atoms with Crippen molar-refractivity contribution in [1.29, 1.82) is 0 Å². The first kappa shape index (κ1) is 23.1. The third-order valence-electron chi connectivity index (χ3n) is 4.74. The van der Waals surface area contributed by atoms with Crippen molar-refractivity contribution in [2.24, 2.45) is 0 Å². The molecule has 0 spiro atoms. The highest BCUT2D eigenvalue weighted by Crippen LogP contribution is 2.20. The summed E-state index contributed by atoms with van der Waals surface area (Å²) >= 11 is 0. The lowest BCUT2D eigenvalue weighted by molar-refractivity contribution is 0.0947. The summed E-state index contributed by atoms with van der Waals surface area (Å²) in [5.41, 5.74) is 2.97. The van der Waals surface area contributed by atoms with Gasteiger partial charge in [-0.15, -0.1) is 0 Å². The normalized spacial score (nSPS) is 11.0. The molecule has 3 aromatic rings. The molecule has 0 fully saturated rings. The first-order valence-electron chi connectivity index (χ1n) is 10.0. The zero-order valence-electron chi connectivity index (χ0n) is 18.2. The van der Waals surface area contributed by atoms with Gasteiger partial charge in [0.05, 0.1) is 18.6 Å². The Morgan fingerprint density at radius 1 is 0.938 bits per heavy atom. The fourth-order valence-corrected chi connectivity index (χ4v) is 4.11. The van der Waals surface area contributed by atoms with Crippen molar-refractivity contribution in [2.75, 3.05) is 25.0 Å². The van der Waals surface area contributed by atoms with Gasteiger partial charge in [-0.05, 0) is 74.0 Å². The molecule has 8 heteroatoms. The van der Waals surface area contributed by atoms with Crippen molar-refractivity contribution < 1.29 is 22.7 Å². The van der Waals surface area contributed by atoms with Gasteiger partial charge in [-0.3, -0.25) is 9.52 Å². The van der Waals surface area contributed by atoms with Crippen molar-refractivity contribution >= 4 is 21.6 Å². The summed E-state index contributed by atoms with van der Waals surface area (Å²) in [6.45, 7) is 4.64. The van der Waals surface area contributed by atoms with Crippen LogP contribution in [0.3, 0.4) is 0 Å². The lowest BCUT2D eigenvalue weighted by atomic mass is 10.1. The van der Waals surface area contributed by atoms with Gasteiger partial charge in [0.25, 0.3) is 15.9 Å². The highest BCUT2D eigenvalue weighted by atomic mass is 32.2. The van der Waals surface area contributed by atoms with E-state index in [0.717, 1.165) is 16.9 Å². The Hall–Kier alpha value is -3.52. The van der Waals surface area contributed by atoms with Crippen molar-refractivity contribution in [3.63, 3.8) is 0 Å². The van der Waals surface area contributed by atoms with Crippen LogP contribution in [0.4, 0.5) is 5.69 Å². The quantitative estimate of drug-likeness (QED) is 0.478. The molecule has 0 aromatic heterocycles. The Kier molecular flexibility index (Phi) is 7.37.